The highest BCUT2D eigenvalue weighted by atomic mass is 16.2. The van der Waals surface area contributed by atoms with Gasteiger partial charge in [0.2, 0.25) is 5.91 Å². The van der Waals surface area contributed by atoms with Crippen LogP contribution in [0.3, 0.4) is 0 Å². The van der Waals surface area contributed by atoms with Crippen molar-refractivity contribution in [3.05, 3.63) is 23.8 Å². The van der Waals surface area contributed by atoms with Crippen LogP contribution in [-0.4, -0.2) is 25.5 Å². The van der Waals surface area contributed by atoms with E-state index in [9.17, 15) is 4.79 Å². The number of carbonyl (C=O) groups excluding carboxylic acids is 1. The van der Waals surface area contributed by atoms with Crippen molar-refractivity contribution >= 4 is 17.3 Å². The number of likely N-dealkylation sites (N-methyl/N-ethyl adjacent to an activating group) is 1. The van der Waals surface area contributed by atoms with Gasteiger partial charge in [0.05, 0.1) is 18.2 Å². The third-order valence-electron chi connectivity index (χ3n) is 3.73. The van der Waals surface area contributed by atoms with Crippen molar-refractivity contribution in [1.82, 2.24) is 0 Å². The molecule has 0 saturated carbocycles. The smallest absolute Gasteiger partial charge is 0.248 e. The maximum Gasteiger partial charge on any atom is 0.248 e. The second kappa shape index (κ2) is 5.51. The van der Waals surface area contributed by atoms with Crippen LogP contribution < -0.4 is 15.5 Å². The molecule has 1 aromatic rings. The van der Waals surface area contributed by atoms with Crippen LogP contribution in [0.25, 0.3) is 0 Å². The van der Waals surface area contributed by atoms with E-state index in [1.807, 2.05) is 18.2 Å². The summed E-state index contributed by atoms with van der Waals surface area (Å²) in [6.07, 6.45) is 0.476. The number of nitrogens with two attached hydrogens (primary N) is 1. The predicted molar refractivity (Wildman–Crippen MR) is 79.5 cm³/mol. The van der Waals surface area contributed by atoms with Crippen molar-refractivity contribution in [3.8, 4) is 6.07 Å². The van der Waals surface area contributed by atoms with Crippen molar-refractivity contribution in [2.75, 3.05) is 23.4 Å². The molecule has 1 aliphatic heterocycles. The van der Waals surface area contributed by atoms with Crippen molar-refractivity contribution in [1.29, 1.82) is 5.26 Å². The summed E-state index contributed by atoms with van der Waals surface area (Å²) in [5.74, 6) is -0.0785. The molecule has 0 radical (unpaired) electrons. The Morgan fingerprint density at radius 2 is 2.20 bits per heavy atom. The van der Waals surface area contributed by atoms with Crippen LogP contribution in [0.4, 0.5) is 11.4 Å². The molecular formula is C15H20N4O. The van der Waals surface area contributed by atoms with Gasteiger partial charge >= 0.3 is 0 Å². The molecule has 2 N–H and O–H groups in total. The minimum Gasteiger partial charge on any atom is -0.368 e. The molecule has 1 aliphatic rings. The number of nitrogens with zero attached hydrogens (tertiary/aromatic N) is 3. The Kier molecular flexibility index (Phi) is 3.96. The van der Waals surface area contributed by atoms with E-state index in [0.29, 0.717) is 13.0 Å². The standard InChI is InChI=1S/C15H20N4O/c1-10(2)19(8-4-7-16)11-5-6-12-13(9-11)18(3)15(20)14(12)17/h5-6,9-10,14H,4,8,17H2,1-3H3. The maximum atomic E-state index is 11.9. The molecule has 5 heteroatoms. The Morgan fingerprint density at radius 1 is 1.50 bits per heavy atom. The Labute approximate surface area is 119 Å². The Morgan fingerprint density at radius 3 is 2.80 bits per heavy atom. The van der Waals surface area contributed by atoms with Gasteiger partial charge in [0.1, 0.15) is 6.04 Å². The zero-order valence-corrected chi connectivity index (χ0v) is 12.1. The van der Waals surface area contributed by atoms with Crippen LogP contribution in [0, 0.1) is 11.3 Å². The number of fused-ring (bicyclic) bond motifs is 1. The van der Waals surface area contributed by atoms with Gasteiger partial charge in [-0.1, -0.05) is 6.07 Å². The van der Waals surface area contributed by atoms with E-state index in [-0.39, 0.29) is 11.9 Å². The minimum atomic E-state index is -0.560. The topological polar surface area (TPSA) is 73.4 Å². The lowest BCUT2D eigenvalue weighted by atomic mass is 10.1. The Bertz CT molecular complexity index is 561. The second-order valence-electron chi connectivity index (χ2n) is 5.31. The normalized spacial score (nSPS) is 17.3. The third kappa shape index (κ3) is 2.35. The number of nitriles is 1. The molecule has 5 nitrogen and oxygen atoms in total. The van der Waals surface area contributed by atoms with E-state index < -0.39 is 6.04 Å². The molecule has 0 spiro atoms. The first kappa shape index (κ1) is 14.4. The van der Waals surface area contributed by atoms with Crippen LogP contribution in [0.5, 0.6) is 0 Å². The van der Waals surface area contributed by atoms with Crippen molar-refractivity contribution in [2.45, 2.75) is 32.4 Å². The highest BCUT2D eigenvalue weighted by Gasteiger charge is 2.32. The highest BCUT2D eigenvalue weighted by Crippen LogP contribution is 2.36. The van der Waals surface area contributed by atoms with Gasteiger partial charge in [-0.3, -0.25) is 4.79 Å². The van der Waals surface area contributed by atoms with Crippen LogP contribution in [0.15, 0.2) is 18.2 Å². The maximum absolute atomic E-state index is 11.9. The van der Waals surface area contributed by atoms with Crippen LogP contribution in [0.1, 0.15) is 31.9 Å². The molecule has 1 aromatic carbocycles. The first-order valence-electron chi connectivity index (χ1n) is 6.78. The van der Waals surface area contributed by atoms with E-state index in [0.717, 1.165) is 16.9 Å². The van der Waals surface area contributed by atoms with Gasteiger partial charge in [0, 0.05) is 30.9 Å². The summed E-state index contributed by atoms with van der Waals surface area (Å²) >= 11 is 0. The fourth-order valence-corrected chi connectivity index (χ4v) is 2.58. The summed E-state index contributed by atoms with van der Waals surface area (Å²) in [5, 5.41) is 8.76. The summed E-state index contributed by atoms with van der Waals surface area (Å²) in [6.45, 7) is 4.85. The molecule has 20 heavy (non-hydrogen) atoms. The Hall–Kier alpha value is -2.06. The first-order chi connectivity index (χ1) is 9.47. The number of hydrogen-bond acceptors (Lipinski definition) is 4. The van der Waals surface area contributed by atoms with E-state index in [2.05, 4.69) is 24.8 Å². The summed E-state index contributed by atoms with van der Waals surface area (Å²) in [7, 11) is 1.74. The zero-order valence-electron chi connectivity index (χ0n) is 12.1. The number of amides is 1. The molecule has 1 atom stereocenters. The molecule has 1 amide bonds. The van der Waals surface area contributed by atoms with Crippen molar-refractivity contribution in [2.24, 2.45) is 5.73 Å². The first-order valence-corrected chi connectivity index (χ1v) is 6.78. The summed E-state index contributed by atoms with van der Waals surface area (Å²) in [5.41, 5.74) is 8.64. The third-order valence-corrected chi connectivity index (χ3v) is 3.73. The fourth-order valence-electron chi connectivity index (χ4n) is 2.58. The average Bonchev–Trinajstić information content (AvgIpc) is 2.64. The summed E-state index contributed by atoms with van der Waals surface area (Å²) in [6, 6.07) is 7.78. The molecule has 0 aromatic heterocycles. The SMILES string of the molecule is CC(C)N(CCC#N)c1ccc2c(c1)N(C)C(=O)C2N. The second-order valence-corrected chi connectivity index (χ2v) is 5.31. The molecule has 0 bridgehead atoms. The van der Waals surface area contributed by atoms with E-state index in [4.69, 9.17) is 11.0 Å². The molecule has 0 saturated heterocycles. The molecule has 1 unspecified atom stereocenters. The van der Waals surface area contributed by atoms with Gasteiger partial charge in [0.15, 0.2) is 0 Å². The highest BCUT2D eigenvalue weighted by molar-refractivity contribution is 6.04. The lowest BCUT2D eigenvalue weighted by Crippen LogP contribution is -2.31. The molecule has 106 valence electrons. The number of anilines is 2. The van der Waals surface area contributed by atoms with Gasteiger partial charge in [-0.15, -0.1) is 0 Å². The van der Waals surface area contributed by atoms with E-state index >= 15 is 0 Å². The fraction of sp³-hybridized carbons (Fsp3) is 0.467. The van der Waals surface area contributed by atoms with Crippen molar-refractivity contribution < 1.29 is 4.79 Å². The predicted octanol–water partition coefficient (Wildman–Crippen LogP) is 1.79. The van der Waals surface area contributed by atoms with Crippen LogP contribution in [-0.2, 0) is 4.79 Å². The zero-order chi connectivity index (χ0) is 14.9. The van der Waals surface area contributed by atoms with Gasteiger partial charge < -0.3 is 15.5 Å². The minimum absolute atomic E-state index is 0.0785. The Balaban J connectivity index is 2.36. The summed E-state index contributed by atoms with van der Waals surface area (Å²) in [4.78, 5) is 15.7. The van der Waals surface area contributed by atoms with Crippen LogP contribution in [0.2, 0.25) is 0 Å². The molecule has 1 heterocycles. The van der Waals surface area contributed by atoms with Gasteiger partial charge in [-0.25, -0.2) is 0 Å². The lowest BCUT2D eigenvalue weighted by Gasteiger charge is -2.29. The van der Waals surface area contributed by atoms with Gasteiger partial charge in [-0.05, 0) is 26.0 Å². The molecular weight excluding hydrogens is 252 g/mol. The molecule has 2 rings (SSSR count). The number of carbonyl (C=O) groups is 1. The number of benzene rings is 1. The monoisotopic (exact) mass is 272 g/mol. The number of hydrogen-bond donors (Lipinski definition) is 1. The quantitative estimate of drug-likeness (QED) is 0.907. The van der Waals surface area contributed by atoms with E-state index in [1.54, 1.807) is 11.9 Å². The largest absolute Gasteiger partial charge is 0.368 e. The lowest BCUT2D eigenvalue weighted by molar-refractivity contribution is -0.118. The summed E-state index contributed by atoms with van der Waals surface area (Å²) < 4.78 is 0. The number of rotatable bonds is 4. The van der Waals surface area contributed by atoms with Crippen LogP contribution >= 0.6 is 0 Å². The van der Waals surface area contributed by atoms with Crippen molar-refractivity contribution in [3.63, 3.8) is 0 Å². The van der Waals surface area contributed by atoms with Gasteiger partial charge in [-0.2, -0.15) is 5.26 Å². The van der Waals surface area contributed by atoms with E-state index in [1.165, 1.54) is 0 Å². The molecule has 0 fully saturated rings. The van der Waals surface area contributed by atoms with Gasteiger partial charge in [0.25, 0.3) is 0 Å². The average molecular weight is 272 g/mol. The molecule has 0 aliphatic carbocycles.